The van der Waals surface area contributed by atoms with E-state index in [1.54, 1.807) is 12.1 Å². The Balaban J connectivity index is 1.78. The summed E-state index contributed by atoms with van der Waals surface area (Å²) in [4.78, 5) is 25.2. The zero-order chi connectivity index (χ0) is 19.0. The van der Waals surface area contributed by atoms with E-state index in [-0.39, 0.29) is 35.6 Å². The van der Waals surface area contributed by atoms with Crippen LogP contribution < -0.4 is 15.6 Å². The fourth-order valence-corrected chi connectivity index (χ4v) is 4.37. The number of phenolic OH excluding ortho intramolecular Hbond substituents is 1. The van der Waals surface area contributed by atoms with Gasteiger partial charge in [-0.25, -0.2) is 0 Å². The molecule has 2 aromatic rings. The van der Waals surface area contributed by atoms with Crippen molar-refractivity contribution in [3.05, 3.63) is 39.7 Å². The van der Waals surface area contributed by atoms with Crippen LogP contribution in [0.4, 0.5) is 5.82 Å². The van der Waals surface area contributed by atoms with E-state index in [9.17, 15) is 14.7 Å². The number of nitrogens with zero attached hydrogens (tertiary/aromatic N) is 1. The Hall–Kier alpha value is -2.70. The summed E-state index contributed by atoms with van der Waals surface area (Å²) >= 11 is 0. The highest BCUT2D eigenvalue weighted by Crippen LogP contribution is 2.40. The van der Waals surface area contributed by atoms with Crippen LogP contribution in [-0.4, -0.2) is 27.9 Å². The maximum atomic E-state index is 12.8. The molecule has 0 radical (unpaired) electrons. The van der Waals surface area contributed by atoms with Gasteiger partial charge < -0.3 is 15.2 Å². The number of carbonyl (C=O) groups excluding carboxylic acids is 1. The summed E-state index contributed by atoms with van der Waals surface area (Å²) in [5, 5.41) is 15.8. The number of amides is 1. The van der Waals surface area contributed by atoms with Gasteiger partial charge in [0, 0.05) is 12.3 Å². The van der Waals surface area contributed by atoms with E-state index in [1.165, 1.54) is 26.0 Å². The first-order valence-corrected chi connectivity index (χ1v) is 9.59. The molecule has 1 aliphatic carbocycles. The lowest BCUT2D eigenvalue weighted by Crippen LogP contribution is -2.27. The number of ether oxygens (including phenoxy) is 1. The monoisotopic (exact) mass is 371 g/mol. The van der Waals surface area contributed by atoms with E-state index in [4.69, 9.17) is 4.74 Å². The zero-order valence-corrected chi connectivity index (χ0v) is 15.5. The summed E-state index contributed by atoms with van der Waals surface area (Å²) in [6.45, 7) is 0. The van der Waals surface area contributed by atoms with Gasteiger partial charge in [0.1, 0.15) is 5.82 Å². The molecular weight excluding hydrogens is 346 g/mol. The normalized spacial score (nSPS) is 20.6. The number of hydrogen-bond acceptors (Lipinski definition) is 4. The number of H-pyrrole nitrogens is 1. The fourth-order valence-electron chi connectivity index (χ4n) is 4.37. The molecule has 0 saturated heterocycles. The topological polar surface area (TPSA) is 96.4 Å². The minimum Gasteiger partial charge on any atom is -0.504 e. The van der Waals surface area contributed by atoms with Crippen molar-refractivity contribution in [2.24, 2.45) is 0 Å². The van der Waals surface area contributed by atoms with Crippen molar-refractivity contribution in [3.8, 4) is 11.5 Å². The lowest BCUT2D eigenvalue weighted by atomic mass is 9.87. The van der Waals surface area contributed by atoms with Crippen LogP contribution >= 0.6 is 0 Å². The number of carbonyl (C=O) groups is 1. The first-order chi connectivity index (χ1) is 13.1. The van der Waals surface area contributed by atoms with Crippen molar-refractivity contribution in [3.63, 3.8) is 0 Å². The van der Waals surface area contributed by atoms with Gasteiger partial charge in [-0.1, -0.05) is 31.7 Å². The first-order valence-electron chi connectivity index (χ1n) is 9.59. The summed E-state index contributed by atoms with van der Waals surface area (Å²) in [6, 6.07) is 5.19. The highest BCUT2D eigenvalue weighted by atomic mass is 16.5. The third kappa shape index (κ3) is 3.22. The van der Waals surface area contributed by atoms with Crippen LogP contribution in [0, 0.1) is 0 Å². The molecule has 1 atom stereocenters. The number of anilines is 1. The number of aromatic nitrogens is 2. The molecule has 1 unspecified atom stereocenters. The van der Waals surface area contributed by atoms with Crippen LogP contribution in [0.3, 0.4) is 0 Å². The third-order valence-corrected chi connectivity index (χ3v) is 5.75. The van der Waals surface area contributed by atoms with E-state index >= 15 is 0 Å². The van der Waals surface area contributed by atoms with Crippen LogP contribution in [0.5, 0.6) is 11.5 Å². The van der Waals surface area contributed by atoms with Gasteiger partial charge in [0.25, 0.3) is 5.56 Å². The largest absolute Gasteiger partial charge is 0.504 e. The second-order valence-electron chi connectivity index (χ2n) is 7.45. The number of aromatic hydroxyl groups is 1. The average molecular weight is 371 g/mol. The molecule has 3 N–H and O–H groups in total. The number of rotatable bonds is 3. The Kier molecular flexibility index (Phi) is 4.68. The Bertz CT molecular complexity index is 906. The van der Waals surface area contributed by atoms with E-state index in [0.717, 1.165) is 31.2 Å². The number of nitrogens with one attached hydrogen (secondary N) is 2. The van der Waals surface area contributed by atoms with Gasteiger partial charge in [-0.15, -0.1) is 0 Å². The minimum atomic E-state index is -0.362. The molecule has 1 saturated carbocycles. The van der Waals surface area contributed by atoms with Gasteiger partial charge in [0.15, 0.2) is 11.5 Å². The molecule has 4 rings (SSSR count). The van der Waals surface area contributed by atoms with Crippen LogP contribution in [0.15, 0.2) is 23.0 Å². The van der Waals surface area contributed by atoms with Gasteiger partial charge in [-0.2, -0.15) is 0 Å². The maximum absolute atomic E-state index is 12.8. The minimum absolute atomic E-state index is 0.0340. The van der Waals surface area contributed by atoms with Crippen molar-refractivity contribution < 1.29 is 14.6 Å². The highest BCUT2D eigenvalue weighted by molar-refractivity contribution is 5.94. The van der Waals surface area contributed by atoms with Crippen LogP contribution in [0.2, 0.25) is 0 Å². The van der Waals surface area contributed by atoms with E-state index in [1.807, 2.05) is 4.68 Å². The molecule has 7 nitrogen and oxygen atoms in total. The maximum Gasteiger partial charge on any atom is 0.270 e. The summed E-state index contributed by atoms with van der Waals surface area (Å²) < 4.78 is 7.07. The molecule has 144 valence electrons. The Morgan fingerprint density at radius 1 is 1.15 bits per heavy atom. The van der Waals surface area contributed by atoms with Crippen molar-refractivity contribution in [2.45, 2.75) is 56.9 Å². The summed E-state index contributed by atoms with van der Waals surface area (Å²) in [6.07, 6.45) is 6.89. The molecular formula is C20H25N3O4. The number of phenols is 1. The molecule has 1 fully saturated rings. The molecule has 7 heteroatoms. The second kappa shape index (κ2) is 7.13. The molecule has 0 bridgehead atoms. The fraction of sp³-hybridized carbons (Fsp3) is 0.500. The molecule has 2 aliphatic rings. The Morgan fingerprint density at radius 3 is 2.59 bits per heavy atom. The average Bonchev–Trinajstić information content (AvgIpc) is 2.84. The molecule has 27 heavy (non-hydrogen) atoms. The van der Waals surface area contributed by atoms with Gasteiger partial charge in [-0.05, 0) is 30.5 Å². The summed E-state index contributed by atoms with van der Waals surface area (Å²) in [7, 11) is 1.48. The van der Waals surface area contributed by atoms with Crippen molar-refractivity contribution in [2.75, 3.05) is 12.4 Å². The lowest BCUT2D eigenvalue weighted by Gasteiger charge is -2.26. The third-order valence-electron chi connectivity index (χ3n) is 5.75. The lowest BCUT2D eigenvalue weighted by molar-refractivity contribution is -0.116. The molecule has 2 heterocycles. The number of benzene rings is 1. The Labute approximate surface area is 157 Å². The molecule has 1 amide bonds. The summed E-state index contributed by atoms with van der Waals surface area (Å²) in [5.74, 6) is 0.492. The van der Waals surface area contributed by atoms with Crippen molar-refractivity contribution in [1.82, 2.24) is 9.78 Å². The van der Waals surface area contributed by atoms with Crippen molar-refractivity contribution in [1.29, 1.82) is 0 Å². The van der Waals surface area contributed by atoms with E-state index in [0.29, 0.717) is 17.1 Å². The molecule has 1 aliphatic heterocycles. The van der Waals surface area contributed by atoms with Crippen LogP contribution in [0.25, 0.3) is 0 Å². The number of aromatic amines is 1. The smallest absolute Gasteiger partial charge is 0.270 e. The number of hydrogen-bond donors (Lipinski definition) is 3. The first kappa shape index (κ1) is 17.7. The molecule has 0 spiro atoms. The van der Waals surface area contributed by atoms with E-state index < -0.39 is 0 Å². The second-order valence-corrected chi connectivity index (χ2v) is 7.45. The SMILES string of the molecule is COc1cc(C2CC(=O)Nc3c2c(=O)[nH]n3C2CCCCCC2)ccc1O. The van der Waals surface area contributed by atoms with Gasteiger partial charge >= 0.3 is 0 Å². The predicted octanol–water partition coefficient (Wildman–Crippen LogP) is 3.26. The van der Waals surface area contributed by atoms with Gasteiger partial charge in [0.05, 0.1) is 18.7 Å². The quantitative estimate of drug-likeness (QED) is 0.722. The van der Waals surface area contributed by atoms with E-state index in [2.05, 4.69) is 10.4 Å². The predicted molar refractivity (Wildman–Crippen MR) is 102 cm³/mol. The number of methoxy groups -OCH3 is 1. The zero-order valence-electron chi connectivity index (χ0n) is 15.5. The molecule has 1 aromatic heterocycles. The standard InChI is InChI=1S/C20H25N3O4/c1-27-16-10-12(8-9-15(16)24)14-11-17(25)21-19-18(14)20(26)22-23(19)13-6-4-2-3-5-7-13/h8-10,13-14,24H,2-7,11H2,1H3,(H,21,25)(H,22,26). The summed E-state index contributed by atoms with van der Waals surface area (Å²) in [5.41, 5.74) is 1.21. The molecule has 1 aromatic carbocycles. The Morgan fingerprint density at radius 2 is 1.89 bits per heavy atom. The van der Waals surface area contributed by atoms with Crippen LogP contribution in [-0.2, 0) is 4.79 Å². The van der Waals surface area contributed by atoms with Gasteiger partial charge in [-0.3, -0.25) is 19.4 Å². The van der Waals surface area contributed by atoms with Gasteiger partial charge in [0.2, 0.25) is 5.91 Å². The van der Waals surface area contributed by atoms with Crippen LogP contribution in [0.1, 0.15) is 68.0 Å². The van der Waals surface area contributed by atoms with Crippen molar-refractivity contribution >= 4 is 11.7 Å². The highest BCUT2D eigenvalue weighted by Gasteiger charge is 2.34. The number of fused-ring (bicyclic) bond motifs is 1.